The van der Waals surface area contributed by atoms with Crippen molar-refractivity contribution in [3.05, 3.63) is 59.2 Å². The number of hydrogen-bond donors (Lipinski definition) is 0. The minimum Gasteiger partial charge on any atom is -0.493 e. The molecule has 0 aromatic heterocycles. The molecule has 2 aromatic rings. The van der Waals surface area contributed by atoms with Gasteiger partial charge in [0, 0.05) is 11.6 Å². The highest BCUT2D eigenvalue weighted by Crippen LogP contribution is 2.29. The van der Waals surface area contributed by atoms with E-state index in [9.17, 15) is 4.79 Å². The lowest BCUT2D eigenvalue weighted by atomic mass is 9.86. The number of ketones is 1. The lowest BCUT2D eigenvalue weighted by Gasteiger charge is -2.20. The Bertz CT molecular complexity index is 795. The van der Waals surface area contributed by atoms with E-state index in [-0.39, 0.29) is 11.2 Å². The topological polar surface area (TPSA) is 59.3 Å². The van der Waals surface area contributed by atoms with Gasteiger partial charge in [0.15, 0.2) is 17.6 Å². The summed E-state index contributed by atoms with van der Waals surface area (Å²) in [5.74, 6) is 0.766. The van der Waals surface area contributed by atoms with Gasteiger partial charge >= 0.3 is 0 Å². The van der Waals surface area contributed by atoms with Crippen LogP contribution in [-0.4, -0.2) is 19.0 Å². The summed E-state index contributed by atoms with van der Waals surface area (Å²) in [5.41, 5.74) is 2.29. The zero-order valence-electron chi connectivity index (χ0n) is 15.3. The van der Waals surface area contributed by atoms with Crippen LogP contribution in [0.5, 0.6) is 11.5 Å². The normalized spacial score (nSPS) is 12.2. The average molecular weight is 337 g/mol. The maximum absolute atomic E-state index is 12.6. The molecule has 130 valence electrons. The smallest absolute Gasteiger partial charge is 0.202 e. The molecule has 0 heterocycles. The predicted octanol–water partition coefficient (Wildman–Crippen LogP) is 4.51. The van der Waals surface area contributed by atoms with Crippen LogP contribution < -0.4 is 9.47 Å². The minimum absolute atomic E-state index is 0.0412. The van der Waals surface area contributed by atoms with Gasteiger partial charge in [0.1, 0.15) is 0 Å². The fourth-order valence-corrected chi connectivity index (χ4v) is 2.45. The number of carbonyl (C=O) groups is 1. The first-order chi connectivity index (χ1) is 11.8. The van der Waals surface area contributed by atoms with Crippen molar-refractivity contribution in [2.75, 3.05) is 7.11 Å². The van der Waals surface area contributed by atoms with E-state index >= 15 is 0 Å². The molecule has 0 saturated carbocycles. The molecule has 0 spiro atoms. The monoisotopic (exact) mass is 337 g/mol. The Balaban J connectivity index is 2.17. The summed E-state index contributed by atoms with van der Waals surface area (Å²) in [6.07, 6.45) is -0.665. The third-order valence-corrected chi connectivity index (χ3v) is 4.00. The molecule has 4 heteroatoms. The van der Waals surface area contributed by atoms with Crippen molar-refractivity contribution in [2.24, 2.45) is 0 Å². The molecule has 0 aliphatic rings. The van der Waals surface area contributed by atoms with Crippen LogP contribution in [0.15, 0.2) is 42.5 Å². The summed E-state index contributed by atoms with van der Waals surface area (Å²) in [6, 6.07) is 14.5. The summed E-state index contributed by atoms with van der Waals surface area (Å²) in [6.45, 7) is 8.10. The van der Waals surface area contributed by atoms with Crippen molar-refractivity contribution in [1.82, 2.24) is 0 Å². The molecule has 0 aliphatic heterocycles. The zero-order valence-corrected chi connectivity index (χ0v) is 15.3. The lowest BCUT2D eigenvalue weighted by molar-refractivity contribution is 0.0814. The van der Waals surface area contributed by atoms with Gasteiger partial charge in [-0.2, -0.15) is 5.26 Å². The predicted molar refractivity (Wildman–Crippen MR) is 97.3 cm³/mol. The van der Waals surface area contributed by atoms with Crippen LogP contribution in [0.4, 0.5) is 0 Å². The Morgan fingerprint density at radius 1 is 1.08 bits per heavy atom. The molecule has 0 amide bonds. The summed E-state index contributed by atoms with van der Waals surface area (Å²) >= 11 is 0. The van der Waals surface area contributed by atoms with Gasteiger partial charge in [0.05, 0.1) is 18.7 Å². The third-order valence-electron chi connectivity index (χ3n) is 4.00. The largest absolute Gasteiger partial charge is 0.493 e. The summed E-state index contributed by atoms with van der Waals surface area (Å²) < 4.78 is 11.0. The number of benzene rings is 2. The molecule has 2 rings (SSSR count). The molecule has 0 fully saturated rings. The molecule has 0 unspecified atom stereocenters. The van der Waals surface area contributed by atoms with Gasteiger partial charge < -0.3 is 9.47 Å². The Labute approximate surface area is 149 Å². The van der Waals surface area contributed by atoms with Crippen LogP contribution in [0, 0.1) is 11.3 Å². The van der Waals surface area contributed by atoms with Crippen LogP contribution in [-0.2, 0) is 5.41 Å². The van der Waals surface area contributed by atoms with Crippen molar-refractivity contribution in [1.29, 1.82) is 5.26 Å². The summed E-state index contributed by atoms with van der Waals surface area (Å²) in [7, 11) is 1.50. The lowest BCUT2D eigenvalue weighted by Crippen LogP contribution is -2.24. The van der Waals surface area contributed by atoms with Crippen molar-refractivity contribution in [2.45, 2.75) is 39.2 Å². The highest BCUT2D eigenvalue weighted by atomic mass is 16.5. The highest BCUT2D eigenvalue weighted by Gasteiger charge is 2.20. The van der Waals surface area contributed by atoms with Gasteiger partial charge in [-0.05, 0) is 30.0 Å². The fraction of sp³-hybridized carbons (Fsp3) is 0.333. The van der Waals surface area contributed by atoms with E-state index in [1.807, 2.05) is 30.3 Å². The average Bonchev–Trinajstić information content (AvgIpc) is 2.60. The van der Waals surface area contributed by atoms with Crippen LogP contribution in [0.1, 0.15) is 49.2 Å². The quantitative estimate of drug-likeness (QED) is 0.753. The minimum atomic E-state index is -0.665. The van der Waals surface area contributed by atoms with E-state index in [0.29, 0.717) is 22.6 Å². The number of Topliss-reactive ketones (excluding diaryl/α,β-unsaturated/α-hetero) is 1. The second-order valence-corrected chi connectivity index (χ2v) is 6.93. The van der Waals surface area contributed by atoms with E-state index in [1.165, 1.54) is 12.7 Å². The van der Waals surface area contributed by atoms with Gasteiger partial charge in [-0.1, -0.05) is 45.0 Å². The SMILES string of the molecule is COc1cc(C#N)ccc1O[C@H](C)C(=O)c1ccc(C(C)(C)C)cc1. The second-order valence-electron chi connectivity index (χ2n) is 6.93. The fourth-order valence-electron chi connectivity index (χ4n) is 2.45. The van der Waals surface area contributed by atoms with E-state index in [2.05, 4.69) is 20.8 Å². The third kappa shape index (κ3) is 4.39. The first-order valence-electron chi connectivity index (χ1n) is 8.16. The molecule has 4 nitrogen and oxygen atoms in total. The van der Waals surface area contributed by atoms with E-state index in [4.69, 9.17) is 14.7 Å². The maximum Gasteiger partial charge on any atom is 0.202 e. The zero-order chi connectivity index (χ0) is 18.6. The van der Waals surface area contributed by atoms with Gasteiger partial charge in [-0.25, -0.2) is 0 Å². The molecule has 0 saturated heterocycles. The number of carbonyl (C=O) groups excluding carboxylic acids is 1. The van der Waals surface area contributed by atoms with Crippen molar-refractivity contribution < 1.29 is 14.3 Å². The molecule has 1 atom stereocenters. The van der Waals surface area contributed by atoms with Gasteiger partial charge in [0.25, 0.3) is 0 Å². The van der Waals surface area contributed by atoms with Crippen molar-refractivity contribution in [3.8, 4) is 17.6 Å². The standard InChI is InChI=1S/C21H23NO3/c1-14(25-18-11-6-15(13-22)12-19(18)24-5)20(23)16-7-9-17(10-8-16)21(2,3)4/h6-12,14H,1-5H3/t14-/m1/s1. The number of hydrogen-bond acceptors (Lipinski definition) is 4. The first-order valence-corrected chi connectivity index (χ1v) is 8.16. The summed E-state index contributed by atoms with van der Waals surface area (Å²) in [5, 5.41) is 8.95. The van der Waals surface area contributed by atoms with Crippen LogP contribution >= 0.6 is 0 Å². The molecule has 0 aliphatic carbocycles. The number of ether oxygens (including phenoxy) is 2. The molecule has 0 radical (unpaired) electrons. The summed E-state index contributed by atoms with van der Waals surface area (Å²) in [4.78, 5) is 12.6. The number of nitrogens with zero attached hydrogens (tertiary/aromatic N) is 1. The van der Waals surface area contributed by atoms with Crippen molar-refractivity contribution in [3.63, 3.8) is 0 Å². The Morgan fingerprint density at radius 2 is 1.72 bits per heavy atom. The number of rotatable bonds is 5. The molecular formula is C21H23NO3. The van der Waals surface area contributed by atoms with Gasteiger partial charge in [-0.3, -0.25) is 4.79 Å². The van der Waals surface area contributed by atoms with Crippen LogP contribution in [0.3, 0.4) is 0 Å². The van der Waals surface area contributed by atoms with Gasteiger partial charge in [0.2, 0.25) is 5.78 Å². The number of methoxy groups -OCH3 is 1. The molecule has 0 N–H and O–H groups in total. The molecular weight excluding hydrogens is 314 g/mol. The molecule has 0 bridgehead atoms. The van der Waals surface area contributed by atoms with E-state index < -0.39 is 6.10 Å². The maximum atomic E-state index is 12.6. The van der Waals surface area contributed by atoms with E-state index in [1.54, 1.807) is 25.1 Å². The second kappa shape index (κ2) is 7.40. The number of nitriles is 1. The highest BCUT2D eigenvalue weighted by molar-refractivity contribution is 5.99. The Hall–Kier alpha value is -2.80. The Kier molecular flexibility index (Phi) is 5.48. The Morgan fingerprint density at radius 3 is 2.24 bits per heavy atom. The van der Waals surface area contributed by atoms with Crippen LogP contribution in [0.2, 0.25) is 0 Å². The molecule has 25 heavy (non-hydrogen) atoms. The first kappa shape index (κ1) is 18.5. The van der Waals surface area contributed by atoms with E-state index in [0.717, 1.165) is 0 Å². The van der Waals surface area contributed by atoms with Gasteiger partial charge in [-0.15, -0.1) is 0 Å². The van der Waals surface area contributed by atoms with Crippen molar-refractivity contribution >= 4 is 5.78 Å². The van der Waals surface area contributed by atoms with Crippen LogP contribution in [0.25, 0.3) is 0 Å². The molecule has 2 aromatic carbocycles.